The van der Waals surface area contributed by atoms with Gasteiger partial charge in [-0.05, 0) is 12.5 Å². The van der Waals surface area contributed by atoms with Crippen LogP contribution in [0.4, 0.5) is 4.39 Å². The first kappa shape index (κ1) is 10.2. The molecule has 0 fully saturated rings. The van der Waals surface area contributed by atoms with Gasteiger partial charge in [-0.2, -0.15) is 0 Å². The van der Waals surface area contributed by atoms with E-state index in [1.165, 1.54) is 0 Å². The lowest BCUT2D eigenvalue weighted by Gasteiger charge is -2.23. The molecule has 1 heterocycles. The van der Waals surface area contributed by atoms with Crippen LogP contribution in [0, 0.1) is 0 Å². The van der Waals surface area contributed by atoms with Gasteiger partial charge in [0.1, 0.15) is 13.2 Å². The number of fused-ring (bicyclic) bond motifs is 1. The molecule has 82 valence electrons. The van der Waals surface area contributed by atoms with Crippen molar-refractivity contribution in [2.24, 2.45) is 5.73 Å². The number of alkyl halides is 1. The summed E-state index contributed by atoms with van der Waals surface area (Å²) >= 11 is 0. The molecule has 1 atom stereocenters. The fraction of sp³-hybridized carbons (Fsp3) is 0.455. The van der Waals surface area contributed by atoms with Crippen LogP contribution in [0.5, 0.6) is 11.5 Å². The van der Waals surface area contributed by atoms with E-state index in [9.17, 15) is 4.39 Å². The van der Waals surface area contributed by atoms with Gasteiger partial charge in [-0.3, -0.25) is 4.39 Å². The Morgan fingerprint density at radius 1 is 1.33 bits per heavy atom. The number of ether oxygens (including phenoxy) is 2. The largest absolute Gasteiger partial charge is 0.486 e. The molecule has 3 nitrogen and oxygen atoms in total. The summed E-state index contributed by atoms with van der Waals surface area (Å²) in [6, 6.07) is 5.21. The summed E-state index contributed by atoms with van der Waals surface area (Å²) < 4.78 is 23.1. The summed E-state index contributed by atoms with van der Waals surface area (Å²) in [5, 5.41) is 0. The first-order valence-corrected chi connectivity index (χ1v) is 5.03. The van der Waals surface area contributed by atoms with E-state index in [-0.39, 0.29) is 6.04 Å². The summed E-state index contributed by atoms with van der Waals surface area (Å²) in [4.78, 5) is 0. The molecule has 15 heavy (non-hydrogen) atoms. The lowest BCUT2D eigenvalue weighted by Crippen LogP contribution is -2.19. The predicted molar refractivity (Wildman–Crippen MR) is 55.0 cm³/mol. The molecule has 2 N–H and O–H groups in total. The molecule has 0 aromatic heterocycles. The van der Waals surface area contributed by atoms with Crippen LogP contribution in [-0.4, -0.2) is 19.9 Å². The Kier molecular flexibility index (Phi) is 3.06. The molecular formula is C11H14FNO2. The fourth-order valence-electron chi connectivity index (χ4n) is 1.66. The van der Waals surface area contributed by atoms with Gasteiger partial charge in [0.15, 0.2) is 11.5 Å². The second-order valence-electron chi connectivity index (χ2n) is 3.46. The standard InChI is InChI=1S/C11H14FNO2/c12-5-4-9(13)8-2-1-3-10-11(8)15-7-6-14-10/h1-3,9H,4-7,13H2/t9-/m1/s1. The summed E-state index contributed by atoms with van der Waals surface area (Å²) in [7, 11) is 0. The Balaban J connectivity index is 2.30. The number of nitrogens with two attached hydrogens (primary N) is 1. The Hall–Kier alpha value is -1.29. The third-order valence-corrected chi connectivity index (χ3v) is 2.42. The molecule has 1 aromatic carbocycles. The smallest absolute Gasteiger partial charge is 0.166 e. The highest BCUT2D eigenvalue weighted by Gasteiger charge is 2.19. The average molecular weight is 211 g/mol. The lowest BCUT2D eigenvalue weighted by molar-refractivity contribution is 0.169. The molecule has 0 spiro atoms. The van der Waals surface area contributed by atoms with Crippen LogP contribution in [0.1, 0.15) is 18.0 Å². The minimum Gasteiger partial charge on any atom is -0.486 e. The van der Waals surface area contributed by atoms with E-state index in [2.05, 4.69) is 0 Å². The van der Waals surface area contributed by atoms with E-state index in [1.54, 1.807) is 0 Å². The van der Waals surface area contributed by atoms with Crippen LogP contribution in [0.15, 0.2) is 18.2 Å². The number of rotatable bonds is 3. The number of halogens is 1. The normalized spacial score (nSPS) is 16.1. The summed E-state index contributed by atoms with van der Waals surface area (Å²) in [5.74, 6) is 1.37. The Morgan fingerprint density at radius 3 is 2.93 bits per heavy atom. The van der Waals surface area contributed by atoms with Crippen molar-refractivity contribution in [3.8, 4) is 11.5 Å². The van der Waals surface area contributed by atoms with Crippen LogP contribution < -0.4 is 15.2 Å². The maximum absolute atomic E-state index is 12.2. The zero-order chi connectivity index (χ0) is 10.7. The second kappa shape index (κ2) is 4.49. The maximum atomic E-state index is 12.2. The van der Waals surface area contributed by atoms with Gasteiger partial charge < -0.3 is 15.2 Å². The molecule has 0 saturated heterocycles. The Bertz CT molecular complexity index is 343. The molecule has 4 heteroatoms. The van der Waals surface area contributed by atoms with Crippen LogP contribution in [-0.2, 0) is 0 Å². The molecule has 1 aromatic rings. The highest BCUT2D eigenvalue weighted by Crippen LogP contribution is 2.36. The first-order valence-electron chi connectivity index (χ1n) is 5.03. The summed E-state index contributed by atoms with van der Waals surface area (Å²) in [6.07, 6.45) is 0.305. The average Bonchev–Trinajstić information content (AvgIpc) is 2.28. The Morgan fingerprint density at radius 2 is 2.13 bits per heavy atom. The van der Waals surface area contributed by atoms with Gasteiger partial charge in [-0.1, -0.05) is 12.1 Å². The minimum atomic E-state index is -0.425. The van der Waals surface area contributed by atoms with Crippen LogP contribution in [0.3, 0.4) is 0 Å². The van der Waals surface area contributed by atoms with Crippen LogP contribution in [0.2, 0.25) is 0 Å². The molecule has 0 bridgehead atoms. The molecule has 0 amide bonds. The number of para-hydroxylation sites is 1. The van der Waals surface area contributed by atoms with E-state index >= 15 is 0 Å². The van der Waals surface area contributed by atoms with E-state index in [4.69, 9.17) is 15.2 Å². The number of hydrogen-bond acceptors (Lipinski definition) is 3. The van der Waals surface area contributed by atoms with Crippen molar-refractivity contribution >= 4 is 0 Å². The molecule has 0 radical (unpaired) electrons. The zero-order valence-corrected chi connectivity index (χ0v) is 8.41. The van der Waals surface area contributed by atoms with Gasteiger partial charge in [0, 0.05) is 11.6 Å². The minimum absolute atomic E-state index is 0.305. The second-order valence-corrected chi connectivity index (χ2v) is 3.46. The zero-order valence-electron chi connectivity index (χ0n) is 8.41. The molecule has 0 unspecified atom stereocenters. The van der Waals surface area contributed by atoms with Crippen molar-refractivity contribution < 1.29 is 13.9 Å². The van der Waals surface area contributed by atoms with Gasteiger partial charge in [0.2, 0.25) is 0 Å². The topological polar surface area (TPSA) is 44.5 Å². The molecule has 2 rings (SSSR count). The van der Waals surface area contributed by atoms with Gasteiger partial charge >= 0.3 is 0 Å². The number of benzene rings is 1. The molecular weight excluding hydrogens is 197 g/mol. The van der Waals surface area contributed by atoms with E-state index in [0.29, 0.717) is 31.1 Å². The number of hydrogen-bond donors (Lipinski definition) is 1. The van der Waals surface area contributed by atoms with Crippen LogP contribution >= 0.6 is 0 Å². The van der Waals surface area contributed by atoms with Crippen molar-refractivity contribution in [3.05, 3.63) is 23.8 Å². The van der Waals surface area contributed by atoms with Crippen molar-refractivity contribution in [1.29, 1.82) is 0 Å². The third-order valence-electron chi connectivity index (χ3n) is 2.42. The molecule has 1 aliphatic heterocycles. The monoisotopic (exact) mass is 211 g/mol. The molecule has 1 aliphatic rings. The van der Waals surface area contributed by atoms with Crippen molar-refractivity contribution in [2.45, 2.75) is 12.5 Å². The third kappa shape index (κ3) is 2.04. The lowest BCUT2D eigenvalue weighted by atomic mass is 10.0. The quantitative estimate of drug-likeness (QED) is 0.829. The van der Waals surface area contributed by atoms with Gasteiger partial charge in [-0.25, -0.2) is 0 Å². The van der Waals surface area contributed by atoms with Gasteiger partial charge in [-0.15, -0.1) is 0 Å². The highest BCUT2D eigenvalue weighted by atomic mass is 19.1. The Labute approximate surface area is 88.0 Å². The maximum Gasteiger partial charge on any atom is 0.166 e. The van der Waals surface area contributed by atoms with Crippen LogP contribution in [0.25, 0.3) is 0 Å². The predicted octanol–water partition coefficient (Wildman–Crippen LogP) is 1.82. The molecule has 0 saturated carbocycles. The van der Waals surface area contributed by atoms with E-state index in [1.807, 2.05) is 18.2 Å². The van der Waals surface area contributed by atoms with Gasteiger partial charge in [0.05, 0.1) is 6.67 Å². The summed E-state index contributed by atoms with van der Waals surface area (Å²) in [6.45, 7) is 0.646. The van der Waals surface area contributed by atoms with E-state index in [0.717, 1.165) is 5.56 Å². The van der Waals surface area contributed by atoms with Crippen molar-refractivity contribution in [3.63, 3.8) is 0 Å². The van der Waals surface area contributed by atoms with Crippen molar-refractivity contribution in [2.75, 3.05) is 19.9 Å². The summed E-state index contributed by atoms with van der Waals surface area (Å²) in [5.41, 5.74) is 6.68. The highest BCUT2D eigenvalue weighted by molar-refractivity contribution is 5.48. The fourth-order valence-corrected chi connectivity index (χ4v) is 1.66. The van der Waals surface area contributed by atoms with Crippen molar-refractivity contribution in [1.82, 2.24) is 0 Å². The van der Waals surface area contributed by atoms with E-state index < -0.39 is 6.67 Å². The SMILES string of the molecule is N[C@H](CCF)c1cccc2c1OCCO2. The first-order chi connectivity index (χ1) is 7.33. The molecule has 0 aliphatic carbocycles. The van der Waals surface area contributed by atoms with Gasteiger partial charge in [0.25, 0.3) is 0 Å².